The summed E-state index contributed by atoms with van der Waals surface area (Å²) in [5.41, 5.74) is 16.3. The molecule has 0 N–H and O–H groups in total. The Bertz CT molecular complexity index is 2820. The molecule has 256 valence electrons. The number of benzene rings is 8. The van der Waals surface area contributed by atoms with Gasteiger partial charge in [0.1, 0.15) is 0 Å². The number of hydrogen-bond donors (Lipinski definition) is 0. The molecule has 2 heteroatoms. The van der Waals surface area contributed by atoms with Crippen LogP contribution in [0.5, 0.6) is 0 Å². The van der Waals surface area contributed by atoms with E-state index >= 15 is 0 Å². The molecule has 0 atom stereocenters. The van der Waals surface area contributed by atoms with E-state index in [2.05, 4.69) is 206 Å². The molecule has 1 nitrogen and oxygen atoms in total. The quantitative estimate of drug-likeness (QED) is 0.176. The molecule has 1 aromatic heterocycles. The van der Waals surface area contributed by atoms with Crippen molar-refractivity contribution in [3.05, 3.63) is 221 Å². The van der Waals surface area contributed by atoms with Crippen LogP contribution in [0.15, 0.2) is 198 Å². The van der Waals surface area contributed by atoms with E-state index in [0.717, 1.165) is 0 Å². The Morgan fingerprint density at radius 3 is 1.59 bits per heavy atom. The van der Waals surface area contributed by atoms with Crippen LogP contribution in [-0.4, -0.2) is 4.57 Å². The van der Waals surface area contributed by atoms with Crippen LogP contribution in [0.1, 0.15) is 47.2 Å². The second-order valence-electron chi connectivity index (χ2n) is 15.2. The lowest BCUT2D eigenvalue weighted by molar-refractivity contribution is 0.607. The highest BCUT2D eigenvalue weighted by Gasteiger charge is 2.48. The monoisotopic (exact) mass is 707 g/mol. The summed E-state index contributed by atoms with van der Waals surface area (Å²) in [5, 5.41) is 2.56. The van der Waals surface area contributed by atoms with E-state index in [-0.39, 0.29) is 5.41 Å². The van der Waals surface area contributed by atoms with E-state index in [1.807, 2.05) is 11.8 Å². The van der Waals surface area contributed by atoms with Gasteiger partial charge in [0.15, 0.2) is 0 Å². The van der Waals surface area contributed by atoms with Crippen molar-refractivity contribution in [1.82, 2.24) is 4.57 Å². The lowest BCUT2D eigenvalue weighted by Gasteiger charge is -2.38. The maximum absolute atomic E-state index is 2.44. The van der Waals surface area contributed by atoms with E-state index < -0.39 is 5.41 Å². The van der Waals surface area contributed by atoms with Crippen molar-refractivity contribution in [3.8, 4) is 27.9 Å². The van der Waals surface area contributed by atoms with E-state index in [1.165, 1.54) is 92.9 Å². The summed E-state index contributed by atoms with van der Waals surface area (Å²) in [5.74, 6) is 0. The number of nitrogens with zero attached hydrogens (tertiary/aromatic N) is 1. The highest BCUT2D eigenvalue weighted by molar-refractivity contribution is 7.99. The van der Waals surface area contributed by atoms with Gasteiger partial charge >= 0.3 is 0 Å². The molecule has 1 aliphatic heterocycles. The van der Waals surface area contributed by atoms with Gasteiger partial charge in [0.25, 0.3) is 0 Å². The Morgan fingerprint density at radius 1 is 0.407 bits per heavy atom. The third-order valence-electron chi connectivity index (χ3n) is 12.2. The molecule has 11 rings (SSSR count). The SMILES string of the molecule is CC1(C)c2cccc(-c3ccc(-n4c5ccccc5c5ccccc54)cc3)c2Sc2c1ccc1c2-c2ccccc2C1(c1ccccc1)c1ccccc1. The molecule has 0 radical (unpaired) electrons. The molecule has 2 aliphatic rings. The first-order chi connectivity index (χ1) is 26.6. The first-order valence-electron chi connectivity index (χ1n) is 18.9. The average Bonchev–Trinajstić information content (AvgIpc) is 3.73. The summed E-state index contributed by atoms with van der Waals surface area (Å²) >= 11 is 1.97. The molecule has 54 heavy (non-hydrogen) atoms. The maximum Gasteiger partial charge on any atom is 0.0713 e. The largest absolute Gasteiger partial charge is 0.309 e. The van der Waals surface area contributed by atoms with Gasteiger partial charge in [0, 0.05) is 37.2 Å². The topological polar surface area (TPSA) is 4.93 Å². The van der Waals surface area contributed by atoms with Crippen molar-refractivity contribution in [2.24, 2.45) is 0 Å². The molecule has 0 spiro atoms. The fourth-order valence-corrected chi connectivity index (χ4v) is 11.4. The Morgan fingerprint density at radius 2 is 0.926 bits per heavy atom. The average molecular weight is 708 g/mol. The van der Waals surface area contributed by atoms with Crippen LogP contribution in [0.3, 0.4) is 0 Å². The molecule has 0 fully saturated rings. The third kappa shape index (κ3) is 4.23. The number of para-hydroxylation sites is 2. The Balaban J connectivity index is 1.10. The van der Waals surface area contributed by atoms with Gasteiger partial charge in [-0.25, -0.2) is 0 Å². The van der Waals surface area contributed by atoms with Crippen LogP contribution in [0.4, 0.5) is 0 Å². The van der Waals surface area contributed by atoms with Crippen LogP contribution < -0.4 is 0 Å². The Kier molecular flexibility index (Phi) is 6.81. The molecule has 0 amide bonds. The van der Waals surface area contributed by atoms with Gasteiger partial charge in [0.05, 0.1) is 16.4 Å². The van der Waals surface area contributed by atoms with Gasteiger partial charge in [-0.05, 0) is 74.3 Å². The minimum absolute atomic E-state index is 0.191. The molecular formula is C52H37NS. The van der Waals surface area contributed by atoms with E-state index in [0.29, 0.717) is 0 Å². The number of fused-ring (bicyclic) bond motifs is 9. The van der Waals surface area contributed by atoms with Crippen molar-refractivity contribution in [2.75, 3.05) is 0 Å². The summed E-state index contributed by atoms with van der Waals surface area (Å²) in [6.45, 7) is 4.82. The molecule has 1 aliphatic carbocycles. The van der Waals surface area contributed by atoms with Crippen molar-refractivity contribution in [2.45, 2.75) is 34.5 Å². The first kappa shape index (κ1) is 31.4. The Hall–Kier alpha value is -6.09. The second-order valence-corrected chi connectivity index (χ2v) is 16.2. The summed E-state index contributed by atoms with van der Waals surface area (Å²) in [6, 6.07) is 69.9. The van der Waals surface area contributed by atoms with Crippen LogP contribution >= 0.6 is 11.8 Å². The minimum atomic E-state index is -0.420. The molecule has 0 unspecified atom stereocenters. The minimum Gasteiger partial charge on any atom is -0.309 e. The molecule has 0 bridgehead atoms. The smallest absolute Gasteiger partial charge is 0.0713 e. The van der Waals surface area contributed by atoms with Gasteiger partial charge in [0.2, 0.25) is 0 Å². The van der Waals surface area contributed by atoms with E-state index in [9.17, 15) is 0 Å². The predicted octanol–water partition coefficient (Wildman–Crippen LogP) is 13.6. The van der Waals surface area contributed by atoms with Crippen molar-refractivity contribution in [1.29, 1.82) is 0 Å². The van der Waals surface area contributed by atoms with Crippen LogP contribution in [0.2, 0.25) is 0 Å². The van der Waals surface area contributed by atoms with Crippen molar-refractivity contribution >= 4 is 33.6 Å². The van der Waals surface area contributed by atoms with Gasteiger partial charge in [-0.1, -0.05) is 189 Å². The van der Waals surface area contributed by atoms with Crippen LogP contribution in [0.25, 0.3) is 49.7 Å². The Labute approximate surface area is 320 Å². The lowest BCUT2D eigenvalue weighted by Crippen LogP contribution is -2.29. The zero-order valence-corrected chi connectivity index (χ0v) is 31.1. The molecule has 8 aromatic carbocycles. The summed E-state index contributed by atoms with van der Waals surface area (Å²) < 4.78 is 2.40. The standard InChI is InChI=1S/C52H37NS/c1-51(2)44-25-15-23-38(34-28-30-37(31-29-34)53-46-26-13-10-20-39(46)40-21-11-14-27-47(40)53)49(44)54-50-45(51)33-32-43-48(50)41-22-9-12-24-42(41)52(43,35-16-5-3-6-17-35)36-18-7-4-8-19-36/h3-33H,1-2H3. The number of aromatic nitrogens is 1. The van der Waals surface area contributed by atoms with E-state index in [1.54, 1.807) is 0 Å². The molecule has 0 saturated carbocycles. The van der Waals surface area contributed by atoms with E-state index in [4.69, 9.17) is 0 Å². The number of hydrogen-bond acceptors (Lipinski definition) is 1. The second kappa shape index (κ2) is 11.7. The fourth-order valence-electron chi connectivity index (χ4n) is 9.70. The zero-order chi connectivity index (χ0) is 36.0. The highest BCUT2D eigenvalue weighted by Crippen LogP contribution is 2.62. The van der Waals surface area contributed by atoms with Gasteiger partial charge in [-0.3, -0.25) is 0 Å². The predicted molar refractivity (Wildman–Crippen MR) is 226 cm³/mol. The first-order valence-corrected chi connectivity index (χ1v) is 19.7. The van der Waals surface area contributed by atoms with Crippen molar-refractivity contribution < 1.29 is 0 Å². The third-order valence-corrected chi connectivity index (χ3v) is 13.4. The maximum atomic E-state index is 2.44. The molecule has 9 aromatic rings. The van der Waals surface area contributed by atoms with Crippen LogP contribution in [-0.2, 0) is 10.8 Å². The van der Waals surface area contributed by atoms with Gasteiger partial charge in [-0.2, -0.15) is 0 Å². The molecule has 2 heterocycles. The van der Waals surface area contributed by atoms with Crippen LogP contribution in [0, 0.1) is 0 Å². The van der Waals surface area contributed by atoms with Crippen molar-refractivity contribution in [3.63, 3.8) is 0 Å². The van der Waals surface area contributed by atoms with Gasteiger partial charge < -0.3 is 4.57 Å². The summed E-state index contributed by atoms with van der Waals surface area (Å²) in [7, 11) is 0. The molecule has 0 saturated heterocycles. The molecular weight excluding hydrogens is 671 g/mol. The number of rotatable bonds is 4. The normalized spacial score (nSPS) is 14.7. The highest BCUT2D eigenvalue weighted by atomic mass is 32.2. The fraction of sp³-hybridized carbons (Fsp3) is 0.0769. The lowest BCUT2D eigenvalue weighted by atomic mass is 9.67. The summed E-state index contributed by atoms with van der Waals surface area (Å²) in [6.07, 6.45) is 0. The zero-order valence-electron chi connectivity index (χ0n) is 30.3. The summed E-state index contributed by atoms with van der Waals surface area (Å²) in [4.78, 5) is 2.72. The van der Waals surface area contributed by atoms with Gasteiger partial charge in [-0.15, -0.1) is 0 Å².